The van der Waals surface area contributed by atoms with Crippen molar-refractivity contribution >= 4 is 15.7 Å². The van der Waals surface area contributed by atoms with E-state index in [1.165, 1.54) is 30.6 Å². The molecule has 5 nitrogen and oxygen atoms in total. The van der Waals surface area contributed by atoms with E-state index in [2.05, 4.69) is 10.1 Å². The lowest BCUT2D eigenvalue weighted by Gasteiger charge is -2.16. The summed E-state index contributed by atoms with van der Waals surface area (Å²) in [5.41, 5.74) is 2.23. The fourth-order valence-corrected chi connectivity index (χ4v) is 4.30. The summed E-state index contributed by atoms with van der Waals surface area (Å²) >= 11 is 0. The minimum atomic E-state index is -3.82. The lowest BCUT2D eigenvalue weighted by Crippen LogP contribution is -2.26. The van der Waals surface area contributed by atoms with Crippen LogP contribution in [0.4, 0.5) is 4.39 Å². The maximum absolute atomic E-state index is 13.3. The highest BCUT2D eigenvalue weighted by atomic mass is 32.2. The average molecular weight is 381 g/mol. The highest BCUT2D eigenvalue weighted by Crippen LogP contribution is 2.32. The van der Waals surface area contributed by atoms with Crippen molar-refractivity contribution < 1.29 is 12.8 Å². The van der Waals surface area contributed by atoms with E-state index in [4.69, 9.17) is 0 Å². The van der Waals surface area contributed by atoms with Crippen LogP contribution in [0.15, 0.2) is 89.1 Å². The van der Waals surface area contributed by atoms with E-state index in [1.54, 1.807) is 18.2 Å². The second kappa shape index (κ2) is 6.92. The molecule has 0 bridgehead atoms. The third kappa shape index (κ3) is 3.33. The number of hydrogen-bond donors (Lipinski definition) is 0. The predicted octanol–water partition coefficient (Wildman–Crippen LogP) is 3.41. The van der Waals surface area contributed by atoms with Gasteiger partial charge in [-0.3, -0.25) is 4.98 Å². The molecule has 1 aliphatic rings. The monoisotopic (exact) mass is 381 g/mol. The first kappa shape index (κ1) is 17.4. The fraction of sp³-hybridized carbons (Fsp3) is 0.100. The topological polar surface area (TPSA) is 62.6 Å². The van der Waals surface area contributed by atoms with Crippen LogP contribution in [0.5, 0.6) is 0 Å². The molecule has 2 aromatic carbocycles. The van der Waals surface area contributed by atoms with Crippen molar-refractivity contribution in [3.63, 3.8) is 0 Å². The molecule has 136 valence electrons. The Hall–Kier alpha value is -3.06. The number of nitrogens with zero attached hydrogens (tertiary/aromatic N) is 3. The quantitative estimate of drug-likeness (QED) is 0.696. The lowest BCUT2D eigenvalue weighted by molar-refractivity contribution is 0.451. The SMILES string of the molecule is O=S(=O)(c1cccnc1)N1CC(c2ccccc2)C(c2ccc(F)cc2)=N1. The van der Waals surface area contributed by atoms with Gasteiger partial charge in [-0.1, -0.05) is 42.5 Å². The molecule has 0 saturated heterocycles. The molecule has 2 heterocycles. The van der Waals surface area contributed by atoms with Gasteiger partial charge in [-0.05, 0) is 35.4 Å². The summed E-state index contributed by atoms with van der Waals surface area (Å²) in [6.07, 6.45) is 2.82. The Bertz CT molecular complexity index is 1070. The molecule has 0 amide bonds. The van der Waals surface area contributed by atoms with Crippen LogP contribution in [0.3, 0.4) is 0 Å². The average Bonchev–Trinajstić information content (AvgIpc) is 3.16. The van der Waals surface area contributed by atoms with Gasteiger partial charge in [0.1, 0.15) is 10.7 Å². The van der Waals surface area contributed by atoms with Gasteiger partial charge in [0.25, 0.3) is 10.0 Å². The first-order valence-electron chi connectivity index (χ1n) is 8.38. The number of hydrazone groups is 1. The van der Waals surface area contributed by atoms with Crippen molar-refractivity contribution in [2.75, 3.05) is 6.54 Å². The molecule has 0 N–H and O–H groups in total. The van der Waals surface area contributed by atoms with Gasteiger partial charge < -0.3 is 0 Å². The first-order valence-corrected chi connectivity index (χ1v) is 9.82. The van der Waals surface area contributed by atoms with Crippen molar-refractivity contribution in [2.45, 2.75) is 10.8 Å². The summed E-state index contributed by atoms with van der Waals surface area (Å²) in [5, 5.41) is 4.41. The second-order valence-electron chi connectivity index (χ2n) is 6.15. The number of halogens is 1. The third-order valence-electron chi connectivity index (χ3n) is 4.44. The van der Waals surface area contributed by atoms with Crippen LogP contribution in [0, 0.1) is 5.82 Å². The van der Waals surface area contributed by atoms with Gasteiger partial charge >= 0.3 is 0 Å². The van der Waals surface area contributed by atoms with Crippen molar-refractivity contribution in [1.82, 2.24) is 9.40 Å². The molecule has 1 aromatic heterocycles. The van der Waals surface area contributed by atoms with Crippen LogP contribution in [-0.2, 0) is 10.0 Å². The van der Waals surface area contributed by atoms with Crippen LogP contribution in [0.1, 0.15) is 17.0 Å². The zero-order chi connectivity index (χ0) is 18.9. The van der Waals surface area contributed by atoms with Crippen molar-refractivity contribution in [3.05, 3.63) is 96.1 Å². The molecule has 0 fully saturated rings. The Morgan fingerprint density at radius 1 is 0.963 bits per heavy atom. The third-order valence-corrected chi connectivity index (χ3v) is 6.06. The van der Waals surface area contributed by atoms with Gasteiger partial charge in [-0.15, -0.1) is 0 Å². The molecule has 0 aliphatic carbocycles. The summed E-state index contributed by atoms with van der Waals surface area (Å²) in [7, 11) is -3.82. The molecular weight excluding hydrogens is 365 g/mol. The Morgan fingerprint density at radius 2 is 1.70 bits per heavy atom. The summed E-state index contributed by atoms with van der Waals surface area (Å²) in [4.78, 5) is 3.97. The van der Waals surface area contributed by atoms with Gasteiger partial charge in [-0.25, -0.2) is 4.39 Å². The van der Waals surface area contributed by atoms with Gasteiger partial charge in [0.15, 0.2) is 0 Å². The number of sulfonamides is 1. The second-order valence-corrected chi connectivity index (χ2v) is 8.00. The van der Waals surface area contributed by atoms with Crippen molar-refractivity contribution in [3.8, 4) is 0 Å². The van der Waals surface area contributed by atoms with Crippen molar-refractivity contribution in [2.24, 2.45) is 5.10 Å². The van der Waals surface area contributed by atoms with Crippen LogP contribution in [0.25, 0.3) is 0 Å². The highest BCUT2D eigenvalue weighted by molar-refractivity contribution is 7.89. The minimum absolute atomic E-state index is 0.0842. The standard InChI is InChI=1S/C20H16FN3O2S/c21-17-10-8-16(9-11-17)20-19(15-5-2-1-3-6-15)14-24(23-20)27(25,26)18-7-4-12-22-13-18/h1-13,19H,14H2. The molecule has 7 heteroatoms. The summed E-state index contributed by atoms with van der Waals surface area (Å²) in [6, 6.07) is 18.6. The van der Waals surface area contributed by atoms with Crippen LogP contribution < -0.4 is 0 Å². The van der Waals surface area contributed by atoms with E-state index in [0.717, 1.165) is 9.98 Å². The number of benzene rings is 2. The van der Waals surface area contributed by atoms with Crippen LogP contribution >= 0.6 is 0 Å². The summed E-state index contributed by atoms with van der Waals surface area (Å²) in [6.45, 7) is 0.175. The van der Waals surface area contributed by atoms with Gasteiger partial charge in [0, 0.05) is 18.3 Å². The zero-order valence-electron chi connectivity index (χ0n) is 14.2. The molecular formula is C20H16FN3O2S. The Balaban J connectivity index is 1.78. The van der Waals surface area contributed by atoms with Crippen molar-refractivity contribution in [1.29, 1.82) is 0 Å². The van der Waals surface area contributed by atoms with E-state index < -0.39 is 10.0 Å². The van der Waals surface area contributed by atoms with Crippen LogP contribution in [-0.4, -0.2) is 30.1 Å². The smallest absolute Gasteiger partial charge is 0.263 e. The molecule has 0 radical (unpaired) electrons. The summed E-state index contributed by atoms with van der Waals surface area (Å²) in [5.74, 6) is -0.600. The molecule has 0 saturated carbocycles. The fourth-order valence-electron chi connectivity index (χ4n) is 3.07. The van der Waals surface area contributed by atoms with E-state index in [0.29, 0.717) is 11.3 Å². The van der Waals surface area contributed by atoms with E-state index in [1.807, 2.05) is 30.3 Å². The predicted molar refractivity (Wildman–Crippen MR) is 100 cm³/mol. The molecule has 0 spiro atoms. The number of hydrogen-bond acceptors (Lipinski definition) is 4. The molecule has 1 aliphatic heterocycles. The minimum Gasteiger partial charge on any atom is -0.263 e. The van der Waals surface area contributed by atoms with E-state index in [-0.39, 0.29) is 23.2 Å². The Morgan fingerprint density at radius 3 is 2.37 bits per heavy atom. The van der Waals surface area contributed by atoms with Gasteiger partial charge in [0.2, 0.25) is 0 Å². The Kier molecular flexibility index (Phi) is 4.45. The maximum atomic E-state index is 13.3. The van der Waals surface area contributed by atoms with Gasteiger partial charge in [-0.2, -0.15) is 17.9 Å². The molecule has 1 atom stereocenters. The molecule has 27 heavy (non-hydrogen) atoms. The number of aromatic nitrogens is 1. The van der Waals surface area contributed by atoms with E-state index >= 15 is 0 Å². The van der Waals surface area contributed by atoms with Crippen LogP contribution in [0.2, 0.25) is 0 Å². The molecule has 1 unspecified atom stereocenters. The lowest BCUT2D eigenvalue weighted by atomic mass is 9.91. The highest BCUT2D eigenvalue weighted by Gasteiger charge is 2.36. The van der Waals surface area contributed by atoms with E-state index in [9.17, 15) is 12.8 Å². The Labute approximate surface area is 156 Å². The summed E-state index contributed by atoms with van der Waals surface area (Å²) < 4.78 is 40.3. The largest absolute Gasteiger partial charge is 0.280 e. The maximum Gasteiger partial charge on any atom is 0.280 e. The molecule has 4 rings (SSSR count). The zero-order valence-corrected chi connectivity index (χ0v) is 15.1. The molecule has 3 aromatic rings. The van der Waals surface area contributed by atoms with Gasteiger partial charge in [0.05, 0.1) is 12.3 Å². The number of pyridine rings is 1. The normalized spacial score (nSPS) is 17.0. The first-order chi connectivity index (χ1) is 13.1. The number of rotatable bonds is 4.